The van der Waals surface area contributed by atoms with E-state index in [1.807, 2.05) is 11.8 Å². The number of likely N-dealkylation sites (tertiary alicyclic amines) is 1. The van der Waals surface area contributed by atoms with Gasteiger partial charge in [0.25, 0.3) is 0 Å². The SMILES string of the molecule is CCCC(CN)(CCC)C(=O)N1CCCC(C)(O)C1. The van der Waals surface area contributed by atoms with Crippen molar-refractivity contribution < 1.29 is 9.90 Å². The Labute approximate surface area is 117 Å². The van der Waals surface area contributed by atoms with Crippen molar-refractivity contribution in [3.63, 3.8) is 0 Å². The van der Waals surface area contributed by atoms with Crippen LogP contribution in [0.25, 0.3) is 0 Å². The fraction of sp³-hybridized carbons (Fsp3) is 0.933. The third kappa shape index (κ3) is 3.93. The molecule has 0 aromatic carbocycles. The number of β-amino-alcohol motifs (C(OH)–C–C–N with tert-alkyl or cyclic N) is 1. The molecule has 0 radical (unpaired) electrons. The monoisotopic (exact) mass is 270 g/mol. The molecule has 1 amide bonds. The Balaban J connectivity index is 2.86. The van der Waals surface area contributed by atoms with Gasteiger partial charge in [0.15, 0.2) is 0 Å². The van der Waals surface area contributed by atoms with E-state index in [1.165, 1.54) is 0 Å². The summed E-state index contributed by atoms with van der Waals surface area (Å²) in [5.74, 6) is 0.152. The number of aliphatic hydroxyl groups is 1. The number of piperidine rings is 1. The van der Waals surface area contributed by atoms with E-state index in [0.717, 1.165) is 45.1 Å². The predicted octanol–water partition coefficient (Wildman–Crippen LogP) is 1.91. The van der Waals surface area contributed by atoms with Gasteiger partial charge in [0.2, 0.25) is 5.91 Å². The molecule has 4 heteroatoms. The van der Waals surface area contributed by atoms with Crippen LogP contribution in [-0.2, 0) is 4.79 Å². The summed E-state index contributed by atoms with van der Waals surface area (Å²) in [6, 6.07) is 0. The van der Waals surface area contributed by atoms with Crippen LogP contribution in [0.4, 0.5) is 0 Å². The van der Waals surface area contributed by atoms with Gasteiger partial charge < -0.3 is 15.7 Å². The Hall–Kier alpha value is -0.610. The van der Waals surface area contributed by atoms with Gasteiger partial charge in [0.1, 0.15) is 0 Å². The van der Waals surface area contributed by atoms with E-state index in [-0.39, 0.29) is 5.91 Å². The molecular formula is C15H30N2O2. The molecule has 3 N–H and O–H groups in total. The zero-order valence-electron chi connectivity index (χ0n) is 12.7. The zero-order valence-corrected chi connectivity index (χ0v) is 12.7. The van der Waals surface area contributed by atoms with E-state index in [2.05, 4.69) is 13.8 Å². The number of nitrogens with two attached hydrogens (primary N) is 1. The van der Waals surface area contributed by atoms with Crippen LogP contribution in [-0.4, -0.2) is 41.1 Å². The van der Waals surface area contributed by atoms with Crippen LogP contribution < -0.4 is 5.73 Å². The molecule has 1 fully saturated rings. The lowest BCUT2D eigenvalue weighted by molar-refractivity contribution is -0.149. The van der Waals surface area contributed by atoms with E-state index >= 15 is 0 Å². The summed E-state index contributed by atoms with van der Waals surface area (Å²) in [5.41, 5.74) is 4.78. The second-order valence-electron chi connectivity index (χ2n) is 6.31. The number of carbonyl (C=O) groups excluding carboxylic acids is 1. The molecule has 0 aliphatic carbocycles. The van der Waals surface area contributed by atoms with E-state index in [0.29, 0.717) is 13.1 Å². The molecule has 4 nitrogen and oxygen atoms in total. The van der Waals surface area contributed by atoms with Crippen LogP contribution in [0.5, 0.6) is 0 Å². The quantitative estimate of drug-likeness (QED) is 0.774. The summed E-state index contributed by atoms with van der Waals surface area (Å²) in [6.07, 6.45) is 5.26. The van der Waals surface area contributed by atoms with Crippen LogP contribution >= 0.6 is 0 Å². The van der Waals surface area contributed by atoms with Crippen molar-refractivity contribution in [2.45, 2.75) is 64.9 Å². The summed E-state index contributed by atoms with van der Waals surface area (Å²) in [5, 5.41) is 10.2. The van der Waals surface area contributed by atoms with E-state index in [1.54, 1.807) is 0 Å². The Morgan fingerprint density at radius 1 is 1.37 bits per heavy atom. The fourth-order valence-electron chi connectivity index (χ4n) is 3.32. The molecule has 19 heavy (non-hydrogen) atoms. The molecular weight excluding hydrogens is 240 g/mol. The third-order valence-electron chi connectivity index (χ3n) is 4.26. The van der Waals surface area contributed by atoms with Crippen molar-refractivity contribution in [3.8, 4) is 0 Å². The Bertz CT molecular complexity index is 297. The molecule has 0 spiro atoms. The Morgan fingerprint density at radius 2 is 1.95 bits per heavy atom. The van der Waals surface area contributed by atoms with Crippen molar-refractivity contribution in [2.75, 3.05) is 19.6 Å². The van der Waals surface area contributed by atoms with Gasteiger partial charge >= 0.3 is 0 Å². The maximum absolute atomic E-state index is 12.9. The summed E-state index contributed by atoms with van der Waals surface area (Å²) in [6.45, 7) is 7.62. The molecule has 1 unspecified atom stereocenters. The number of rotatable bonds is 6. The van der Waals surface area contributed by atoms with Gasteiger partial charge in [-0.05, 0) is 32.6 Å². The third-order valence-corrected chi connectivity index (χ3v) is 4.26. The van der Waals surface area contributed by atoms with Crippen LogP contribution in [0, 0.1) is 5.41 Å². The molecule has 1 heterocycles. The van der Waals surface area contributed by atoms with Gasteiger partial charge in [-0.25, -0.2) is 0 Å². The number of carbonyl (C=O) groups is 1. The second-order valence-corrected chi connectivity index (χ2v) is 6.31. The van der Waals surface area contributed by atoms with Gasteiger partial charge in [-0.1, -0.05) is 26.7 Å². The normalized spacial score (nSPS) is 24.6. The van der Waals surface area contributed by atoms with Gasteiger partial charge in [0.05, 0.1) is 11.0 Å². The molecule has 1 aliphatic rings. The molecule has 112 valence electrons. The van der Waals surface area contributed by atoms with Gasteiger partial charge in [-0.2, -0.15) is 0 Å². The highest BCUT2D eigenvalue weighted by molar-refractivity contribution is 5.83. The molecule has 0 saturated carbocycles. The van der Waals surface area contributed by atoms with Crippen molar-refractivity contribution in [1.29, 1.82) is 0 Å². The van der Waals surface area contributed by atoms with E-state index < -0.39 is 11.0 Å². The van der Waals surface area contributed by atoms with Gasteiger partial charge in [-0.3, -0.25) is 4.79 Å². The van der Waals surface area contributed by atoms with E-state index in [4.69, 9.17) is 5.73 Å². The molecule has 0 bridgehead atoms. The highest BCUT2D eigenvalue weighted by Crippen LogP contribution is 2.33. The van der Waals surface area contributed by atoms with Crippen molar-refractivity contribution in [2.24, 2.45) is 11.1 Å². The zero-order chi connectivity index (χ0) is 14.5. The minimum absolute atomic E-state index is 0.152. The van der Waals surface area contributed by atoms with Gasteiger partial charge in [0, 0.05) is 19.6 Å². The highest BCUT2D eigenvalue weighted by Gasteiger charge is 2.41. The molecule has 0 aromatic rings. The molecule has 1 aliphatic heterocycles. The number of nitrogens with zero attached hydrogens (tertiary/aromatic N) is 1. The average molecular weight is 270 g/mol. The largest absolute Gasteiger partial charge is 0.388 e. The smallest absolute Gasteiger partial charge is 0.230 e. The molecule has 0 aromatic heterocycles. The minimum atomic E-state index is -0.743. The van der Waals surface area contributed by atoms with Crippen molar-refractivity contribution in [3.05, 3.63) is 0 Å². The first-order valence-electron chi connectivity index (χ1n) is 7.62. The lowest BCUT2D eigenvalue weighted by Gasteiger charge is -2.42. The number of amides is 1. The van der Waals surface area contributed by atoms with E-state index in [9.17, 15) is 9.90 Å². The summed E-state index contributed by atoms with van der Waals surface area (Å²) in [7, 11) is 0. The summed E-state index contributed by atoms with van der Waals surface area (Å²) >= 11 is 0. The first-order valence-corrected chi connectivity index (χ1v) is 7.62. The maximum atomic E-state index is 12.9. The first-order chi connectivity index (χ1) is 8.90. The fourth-order valence-corrected chi connectivity index (χ4v) is 3.32. The maximum Gasteiger partial charge on any atom is 0.230 e. The van der Waals surface area contributed by atoms with Crippen molar-refractivity contribution in [1.82, 2.24) is 4.90 Å². The lowest BCUT2D eigenvalue weighted by atomic mass is 9.77. The predicted molar refractivity (Wildman–Crippen MR) is 77.7 cm³/mol. The van der Waals surface area contributed by atoms with Crippen LogP contribution in [0.3, 0.4) is 0 Å². The van der Waals surface area contributed by atoms with Crippen LogP contribution in [0.1, 0.15) is 59.3 Å². The summed E-state index contributed by atoms with van der Waals surface area (Å²) < 4.78 is 0. The molecule has 1 atom stereocenters. The Kier molecular flexibility index (Phi) is 5.81. The number of hydrogen-bond acceptors (Lipinski definition) is 3. The number of hydrogen-bond donors (Lipinski definition) is 2. The lowest BCUT2D eigenvalue weighted by Crippen LogP contribution is -2.55. The second kappa shape index (κ2) is 6.71. The van der Waals surface area contributed by atoms with Crippen LogP contribution in [0.15, 0.2) is 0 Å². The van der Waals surface area contributed by atoms with Gasteiger partial charge in [-0.15, -0.1) is 0 Å². The minimum Gasteiger partial charge on any atom is -0.388 e. The summed E-state index contributed by atoms with van der Waals surface area (Å²) in [4.78, 5) is 14.7. The van der Waals surface area contributed by atoms with Crippen molar-refractivity contribution >= 4 is 5.91 Å². The van der Waals surface area contributed by atoms with Crippen LogP contribution in [0.2, 0.25) is 0 Å². The molecule has 1 saturated heterocycles. The molecule has 1 rings (SSSR count). The topological polar surface area (TPSA) is 66.6 Å². The average Bonchev–Trinajstić information content (AvgIpc) is 2.36. The first kappa shape index (κ1) is 16.4. The standard InChI is InChI=1S/C15H30N2O2/c1-4-7-15(11-16,8-5-2)13(18)17-10-6-9-14(3,19)12-17/h19H,4-12,16H2,1-3H3. The Morgan fingerprint density at radius 3 is 2.37 bits per heavy atom. The highest BCUT2D eigenvalue weighted by atomic mass is 16.3.